The Bertz CT molecular complexity index is 181. The molecule has 2 heteroatoms. The van der Waals surface area contributed by atoms with Gasteiger partial charge in [-0.3, -0.25) is 0 Å². The van der Waals surface area contributed by atoms with Crippen LogP contribution in [0.15, 0.2) is 12.7 Å². The summed E-state index contributed by atoms with van der Waals surface area (Å²) >= 11 is 0. The molecule has 1 aliphatic rings. The van der Waals surface area contributed by atoms with Crippen molar-refractivity contribution in [3.05, 3.63) is 12.7 Å². The molecule has 0 aliphatic heterocycles. The van der Waals surface area contributed by atoms with Crippen molar-refractivity contribution in [1.82, 2.24) is 0 Å². The van der Waals surface area contributed by atoms with Crippen LogP contribution in [0.5, 0.6) is 0 Å². The molecule has 1 atom stereocenters. The maximum Gasteiger partial charge on any atom is 0.155 e. The lowest BCUT2D eigenvalue weighted by Gasteiger charge is -2.23. The molecular weight excluding hydrogens is 212 g/mol. The van der Waals surface area contributed by atoms with E-state index in [-0.39, 0.29) is 6.29 Å². The quantitative estimate of drug-likeness (QED) is 0.522. The molecule has 1 saturated carbocycles. The fourth-order valence-corrected chi connectivity index (χ4v) is 2.42. The molecule has 0 amide bonds. The summed E-state index contributed by atoms with van der Waals surface area (Å²) in [6.07, 6.45) is 14.0. The van der Waals surface area contributed by atoms with Gasteiger partial charge in [0, 0.05) is 0 Å². The van der Waals surface area contributed by atoms with E-state index in [1.165, 1.54) is 57.8 Å². The minimum absolute atomic E-state index is 0.0964. The van der Waals surface area contributed by atoms with Gasteiger partial charge in [-0.25, -0.2) is 0 Å². The number of hydrogen-bond acceptors (Lipinski definition) is 2. The van der Waals surface area contributed by atoms with Crippen molar-refractivity contribution in [1.29, 1.82) is 0 Å². The molecule has 0 spiro atoms. The van der Waals surface area contributed by atoms with Crippen molar-refractivity contribution >= 4 is 0 Å². The van der Waals surface area contributed by atoms with Gasteiger partial charge in [0.25, 0.3) is 0 Å². The Morgan fingerprint density at radius 2 is 1.59 bits per heavy atom. The molecule has 1 unspecified atom stereocenters. The number of rotatable bonds is 5. The van der Waals surface area contributed by atoms with E-state index in [2.05, 4.69) is 6.58 Å². The van der Waals surface area contributed by atoms with Gasteiger partial charge in [-0.05, 0) is 19.8 Å². The molecule has 0 N–H and O–H groups in total. The lowest BCUT2D eigenvalue weighted by molar-refractivity contribution is -0.157. The fraction of sp³-hybridized carbons (Fsp3) is 0.867. The van der Waals surface area contributed by atoms with Crippen molar-refractivity contribution in [3.63, 3.8) is 0 Å². The Labute approximate surface area is 106 Å². The van der Waals surface area contributed by atoms with Crippen LogP contribution >= 0.6 is 0 Å². The maximum atomic E-state index is 5.96. The summed E-state index contributed by atoms with van der Waals surface area (Å²) in [6, 6.07) is 0. The van der Waals surface area contributed by atoms with Crippen molar-refractivity contribution in [2.75, 3.05) is 6.61 Å². The van der Waals surface area contributed by atoms with Gasteiger partial charge in [-0.2, -0.15) is 0 Å². The summed E-state index contributed by atoms with van der Waals surface area (Å²) in [5, 5.41) is 0. The lowest BCUT2D eigenvalue weighted by Crippen LogP contribution is -2.22. The second-order valence-electron chi connectivity index (χ2n) is 5.00. The zero-order valence-electron chi connectivity index (χ0n) is 11.3. The fourth-order valence-electron chi connectivity index (χ4n) is 2.42. The summed E-state index contributed by atoms with van der Waals surface area (Å²) in [5.41, 5.74) is 0. The molecule has 2 nitrogen and oxygen atoms in total. The Morgan fingerprint density at radius 1 is 1.06 bits per heavy atom. The third kappa shape index (κ3) is 7.56. The van der Waals surface area contributed by atoms with Gasteiger partial charge in [0.05, 0.1) is 12.7 Å². The van der Waals surface area contributed by atoms with Crippen LogP contribution in [-0.2, 0) is 9.47 Å². The minimum Gasteiger partial charge on any atom is -0.350 e. The predicted molar refractivity (Wildman–Crippen MR) is 72.0 cm³/mol. The van der Waals surface area contributed by atoms with Crippen molar-refractivity contribution in [3.8, 4) is 0 Å². The van der Waals surface area contributed by atoms with E-state index in [1.807, 2.05) is 6.92 Å². The van der Waals surface area contributed by atoms with Crippen molar-refractivity contribution < 1.29 is 9.47 Å². The second kappa shape index (κ2) is 9.67. The Morgan fingerprint density at radius 3 is 2.12 bits per heavy atom. The van der Waals surface area contributed by atoms with Gasteiger partial charge in [0.1, 0.15) is 0 Å². The molecule has 17 heavy (non-hydrogen) atoms. The molecule has 0 aromatic rings. The highest BCUT2D eigenvalue weighted by Crippen LogP contribution is 2.20. The minimum atomic E-state index is -0.0964. The number of hydrogen-bond donors (Lipinski definition) is 0. The zero-order chi connectivity index (χ0) is 12.3. The van der Waals surface area contributed by atoms with Gasteiger partial charge in [0.15, 0.2) is 6.29 Å². The normalized spacial score (nSPS) is 21.9. The summed E-state index contributed by atoms with van der Waals surface area (Å²) in [4.78, 5) is 0. The monoisotopic (exact) mass is 240 g/mol. The third-order valence-corrected chi connectivity index (χ3v) is 3.39. The standard InChI is InChI=1S/C15H28O2/c1-3-13-16-14(2)17-15-11-9-7-5-4-6-8-10-12-15/h3,14-15H,1,4-13H2,2H3. The van der Waals surface area contributed by atoms with Crippen LogP contribution in [0.1, 0.15) is 64.7 Å². The van der Waals surface area contributed by atoms with Gasteiger partial charge in [0.2, 0.25) is 0 Å². The Hall–Kier alpha value is -0.340. The van der Waals surface area contributed by atoms with Crippen LogP contribution in [-0.4, -0.2) is 19.0 Å². The van der Waals surface area contributed by atoms with E-state index in [0.29, 0.717) is 12.7 Å². The first-order chi connectivity index (χ1) is 8.33. The molecule has 0 aromatic carbocycles. The van der Waals surface area contributed by atoms with Crippen molar-refractivity contribution in [2.45, 2.75) is 77.1 Å². The summed E-state index contributed by atoms with van der Waals surface area (Å²) in [5.74, 6) is 0. The van der Waals surface area contributed by atoms with E-state index in [4.69, 9.17) is 9.47 Å². The molecule has 1 rings (SSSR count). The lowest BCUT2D eigenvalue weighted by atomic mass is 9.99. The van der Waals surface area contributed by atoms with Crippen LogP contribution in [0.2, 0.25) is 0 Å². The van der Waals surface area contributed by atoms with Gasteiger partial charge in [-0.1, -0.05) is 51.0 Å². The van der Waals surface area contributed by atoms with E-state index < -0.39 is 0 Å². The molecule has 1 fully saturated rings. The molecule has 1 aliphatic carbocycles. The Kier molecular flexibility index (Phi) is 8.37. The summed E-state index contributed by atoms with van der Waals surface area (Å²) in [7, 11) is 0. The Balaban J connectivity index is 2.24. The van der Waals surface area contributed by atoms with Gasteiger partial charge in [-0.15, -0.1) is 6.58 Å². The molecule has 0 bridgehead atoms. The third-order valence-electron chi connectivity index (χ3n) is 3.39. The van der Waals surface area contributed by atoms with Crippen molar-refractivity contribution in [2.24, 2.45) is 0 Å². The highest BCUT2D eigenvalue weighted by molar-refractivity contribution is 4.65. The second-order valence-corrected chi connectivity index (χ2v) is 5.00. The predicted octanol–water partition coefficient (Wildman–Crippen LogP) is 4.44. The first kappa shape index (κ1) is 14.7. The summed E-state index contributed by atoms with van der Waals surface area (Å²) < 4.78 is 11.4. The largest absolute Gasteiger partial charge is 0.350 e. The average Bonchev–Trinajstić information content (AvgIpc) is 2.34. The van der Waals surface area contributed by atoms with E-state index in [9.17, 15) is 0 Å². The van der Waals surface area contributed by atoms with Crippen LogP contribution < -0.4 is 0 Å². The molecule has 100 valence electrons. The maximum absolute atomic E-state index is 5.96. The first-order valence-corrected chi connectivity index (χ1v) is 7.21. The first-order valence-electron chi connectivity index (χ1n) is 7.21. The topological polar surface area (TPSA) is 18.5 Å². The highest BCUT2D eigenvalue weighted by atomic mass is 16.7. The van der Waals surface area contributed by atoms with E-state index in [1.54, 1.807) is 6.08 Å². The van der Waals surface area contributed by atoms with Crippen LogP contribution in [0.25, 0.3) is 0 Å². The van der Waals surface area contributed by atoms with E-state index in [0.717, 1.165) is 0 Å². The van der Waals surface area contributed by atoms with Crippen LogP contribution in [0.4, 0.5) is 0 Å². The smallest absolute Gasteiger partial charge is 0.155 e. The van der Waals surface area contributed by atoms with Crippen LogP contribution in [0, 0.1) is 0 Å². The molecular formula is C15H28O2. The molecule has 0 aromatic heterocycles. The molecule has 0 radical (unpaired) electrons. The summed E-state index contributed by atoms with van der Waals surface area (Å²) in [6.45, 7) is 6.21. The number of ether oxygens (including phenoxy) is 2. The highest BCUT2D eigenvalue weighted by Gasteiger charge is 2.14. The average molecular weight is 240 g/mol. The van der Waals surface area contributed by atoms with Gasteiger partial charge < -0.3 is 9.47 Å². The molecule has 0 heterocycles. The zero-order valence-corrected chi connectivity index (χ0v) is 11.3. The SMILES string of the molecule is C=CCOC(C)OC1CCCCCCCCC1. The van der Waals surface area contributed by atoms with E-state index >= 15 is 0 Å². The van der Waals surface area contributed by atoms with Crippen LogP contribution in [0.3, 0.4) is 0 Å². The van der Waals surface area contributed by atoms with Gasteiger partial charge >= 0.3 is 0 Å². The molecule has 0 saturated heterocycles.